The molecule has 2 N–H and O–H groups in total. The highest BCUT2D eigenvalue weighted by Gasteiger charge is 2.15. The maximum Gasteiger partial charge on any atom is 0.261 e. The smallest absolute Gasteiger partial charge is 0.261 e. The molecule has 0 saturated heterocycles. The molecule has 3 aromatic rings. The van der Waals surface area contributed by atoms with Gasteiger partial charge in [0, 0.05) is 12.8 Å². The van der Waals surface area contributed by atoms with Crippen molar-refractivity contribution in [3.63, 3.8) is 0 Å². The second kappa shape index (κ2) is 9.83. The van der Waals surface area contributed by atoms with Crippen LogP contribution in [0, 0.1) is 0 Å². The summed E-state index contributed by atoms with van der Waals surface area (Å²) < 4.78 is 27.6. The van der Waals surface area contributed by atoms with E-state index in [-0.39, 0.29) is 28.5 Å². The number of rotatable bonds is 8. The van der Waals surface area contributed by atoms with E-state index in [1.165, 1.54) is 30.3 Å². The molecule has 0 amide bonds. The fourth-order valence-electron chi connectivity index (χ4n) is 3.04. The Balaban J connectivity index is 1.65. The Morgan fingerprint density at radius 3 is 2.26 bits per heavy atom. The summed E-state index contributed by atoms with van der Waals surface area (Å²) in [5, 5.41) is 10.3. The zero-order valence-corrected chi connectivity index (χ0v) is 19.0. The number of Topliss-reactive ketones (excluding diaryl/α,β-unsaturated/α-hetero) is 1. The molecular formula is C23H21Cl2NO4S. The van der Waals surface area contributed by atoms with E-state index >= 15 is 0 Å². The number of sulfonamides is 1. The number of anilines is 1. The first kappa shape index (κ1) is 23.3. The zero-order chi connectivity index (χ0) is 22.6. The maximum absolute atomic E-state index is 12.6. The number of halogens is 2. The normalized spacial score (nSPS) is 12.4. The van der Waals surface area contributed by atoms with Crippen molar-refractivity contribution in [1.29, 1.82) is 0 Å². The van der Waals surface area contributed by atoms with Gasteiger partial charge in [-0.1, -0.05) is 59.6 Å². The number of ketones is 1. The molecule has 0 aromatic heterocycles. The molecule has 0 fully saturated rings. The topological polar surface area (TPSA) is 83.5 Å². The van der Waals surface area contributed by atoms with Gasteiger partial charge in [0.25, 0.3) is 10.0 Å². The lowest BCUT2D eigenvalue weighted by Crippen LogP contribution is -2.13. The number of hydrogen-bond acceptors (Lipinski definition) is 4. The minimum atomic E-state index is -3.81. The Bertz CT molecular complexity index is 1190. The first-order valence-electron chi connectivity index (χ1n) is 9.49. The summed E-state index contributed by atoms with van der Waals surface area (Å²) in [5.74, 6) is -0.00715. The first-order chi connectivity index (χ1) is 14.6. The molecule has 0 aliphatic carbocycles. The van der Waals surface area contributed by atoms with E-state index in [0.29, 0.717) is 16.3 Å². The zero-order valence-electron chi connectivity index (χ0n) is 16.7. The van der Waals surface area contributed by atoms with Crippen molar-refractivity contribution < 1.29 is 18.3 Å². The molecule has 0 aliphatic heterocycles. The van der Waals surface area contributed by atoms with Crippen LogP contribution in [0.2, 0.25) is 10.0 Å². The Morgan fingerprint density at radius 1 is 0.935 bits per heavy atom. The molecule has 3 aromatic carbocycles. The minimum absolute atomic E-state index is 0.00715. The number of aliphatic hydroxyl groups is 1. The molecule has 0 radical (unpaired) electrons. The molecule has 0 aliphatic rings. The second-order valence-electron chi connectivity index (χ2n) is 7.19. The standard InChI is InChI=1S/C23H21Cl2NO4S/c1-15(27)18-4-2-3-17(11-18)13-20(28)12-16-5-8-21(9-6-16)31(29,30)26-19-7-10-22(24)23(25)14-19/h2-11,14-15,26-27H,12-13H2,1H3. The molecule has 1 unspecified atom stereocenters. The van der Waals surface area contributed by atoms with Crippen molar-refractivity contribution >= 4 is 44.7 Å². The van der Waals surface area contributed by atoms with Crippen molar-refractivity contribution in [1.82, 2.24) is 0 Å². The van der Waals surface area contributed by atoms with Crippen molar-refractivity contribution in [3.05, 3.63) is 93.5 Å². The molecule has 8 heteroatoms. The van der Waals surface area contributed by atoms with E-state index in [0.717, 1.165) is 11.1 Å². The van der Waals surface area contributed by atoms with Crippen LogP contribution in [0.15, 0.2) is 71.6 Å². The van der Waals surface area contributed by atoms with Gasteiger partial charge < -0.3 is 5.11 Å². The number of carbonyl (C=O) groups is 1. The summed E-state index contributed by atoms with van der Waals surface area (Å²) >= 11 is 11.8. The third-order valence-electron chi connectivity index (χ3n) is 4.64. The number of aliphatic hydroxyl groups excluding tert-OH is 1. The number of benzene rings is 3. The Morgan fingerprint density at radius 2 is 1.61 bits per heavy atom. The molecule has 0 spiro atoms. The monoisotopic (exact) mass is 477 g/mol. The lowest BCUT2D eigenvalue weighted by Gasteiger charge is -2.10. The minimum Gasteiger partial charge on any atom is -0.389 e. The van der Waals surface area contributed by atoms with Crippen LogP contribution >= 0.6 is 23.2 Å². The van der Waals surface area contributed by atoms with Crippen LogP contribution in [-0.2, 0) is 27.7 Å². The maximum atomic E-state index is 12.6. The lowest BCUT2D eigenvalue weighted by atomic mass is 10.00. The van der Waals surface area contributed by atoms with Crippen LogP contribution in [0.5, 0.6) is 0 Å². The van der Waals surface area contributed by atoms with Crippen LogP contribution in [0.3, 0.4) is 0 Å². The third kappa shape index (κ3) is 6.31. The van der Waals surface area contributed by atoms with E-state index in [9.17, 15) is 18.3 Å². The predicted molar refractivity (Wildman–Crippen MR) is 123 cm³/mol. The summed E-state index contributed by atoms with van der Waals surface area (Å²) in [6.07, 6.45) is -0.180. The van der Waals surface area contributed by atoms with E-state index < -0.39 is 16.1 Å². The molecule has 0 bridgehead atoms. The van der Waals surface area contributed by atoms with Crippen LogP contribution in [0.4, 0.5) is 5.69 Å². The van der Waals surface area contributed by atoms with Crippen molar-refractivity contribution in [2.45, 2.75) is 30.8 Å². The number of carbonyl (C=O) groups excluding carboxylic acids is 1. The molecule has 0 heterocycles. The molecule has 0 saturated carbocycles. The highest BCUT2D eigenvalue weighted by molar-refractivity contribution is 7.92. The van der Waals surface area contributed by atoms with Crippen molar-refractivity contribution in [2.24, 2.45) is 0 Å². The Labute approximate surface area is 191 Å². The fraction of sp³-hybridized carbons (Fsp3) is 0.174. The molecule has 5 nitrogen and oxygen atoms in total. The predicted octanol–water partition coefficient (Wildman–Crippen LogP) is 5.20. The van der Waals surface area contributed by atoms with Gasteiger partial charge in [0.05, 0.1) is 26.7 Å². The van der Waals surface area contributed by atoms with Gasteiger partial charge in [-0.3, -0.25) is 9.52 Å². The average molecular weight is 478 g/mol. The first-order valence-corrected chi connectivity index (χ1v) is 11.7. The largest absolute Gasteiger partial charge is 0.389 e. The SMILES string of the molecule is CC(O)c1cccc(CC(=O)Cc2ccc(S(=O)(=O)Nc3ccc(Cl)c(Cl)c3)cc2)c1. The second-order valence-corrected chi connectivity index (χ2v) is 9.69. The summed E-state index contributed by atoms with van der Waals surface area (Å²) in [7, 11) is -3.81. The van der Waals surface area contributed by atoms with E-state index in [1.807, 2.05) is 24.3 Å². The third-order valence-corrected chi connectivity index (χ3v) is 6.78. The average Bonchev–Trinajstić information content (AvgIpc) is 2.71. The summed E-state index contributed by atoms with van der Waals surface area (Å²) in [5.41, 5.74) is 2.60. The van der Waals surface area contributed by atoms with Gasteiger partial charge in [0.2, 0.25) is 0 Å². The quantitative estimate of drug-likeness (QED) is 0.466. The lowest BCUT2D eigenvalue weighted by molar-refractivity contribution is -0.117. The Kier molecular flexibility index (Phi) is 7.38. The van der Waals surface area contributed by atoms with Gasteiger partial charge in [-0.25, -0.2) is 8.42 Å². The van der Waals surface area contributed by atoms with Gasteiger partial charge in [0.1, 0.15) is 5.78 Å². The van der Waals surface area contributed by atoms with Gasteiger partial charge in [0.15, 0.2) is 0 Å². The van der Waals surface area contributed by atoms with Crippen LogP contribution in [-0.4, -0.2) is 19.3 Å². The summed E-state index contributed by atoms with van der Waals surface area (Å²) in [6, 6.07) is 17.9. The van der Waals surface area contributed by atoms with Crippen molar-refractivity contribution in [2.75, 3.05) is 4.72 Å². The number of nitrogens with one attached hydrogen (secondary N) is 1. The van der Waals surface area contributed by atoms with Crippen LogP contribution in [0.25, 0.3) is 0 Å². The van der Waals surface area contributed by atoms with Gasteiger partial charge in [-0.05, 0) is 53.9 Å². The summed E-state index contributed by atoms with van der Waals surface area (Å²) in [4.78, 5) is 12.5. The fourth-order valence-corrected chi connectivity index (χ4v) is 4.39. The van der Waals surface area contributed by atoms with Crippen LogP contribution < -0.4 is 4.72 Å². The van der Waals surface area contributed by atoms with Gasteiger partial charge >= 0.3 is 0 Å². The van der Waals surface area contributed by atoms with Gasteiger partial charge in [-0.2, -0.15) is 0 Å². The molecular weight excluding hydrogens is 457 g/mol. The molecule has 3 rings (SSSR count). The highest BCUT2D eigenvalue weighted by atomic mass is 35.5. The van der Waals surface area contributed by atoms with E-state index in [2.05, 4.69) is 4.72 Å². The Hall–Kier alpha value is -2.38. The summed E-state index contributed by atoms with van der Waals surface area (Å²) in [6.45, 7) is 1.67. The molecule has 1 atom stereocenters. The molecule has 31 heavy (non-hydrogen) atoms. The number of hydrogen-bond donors (Lipinski definition) is 2. The highest BCUT2D eigenvalue weighted by Crippen LogP contribution is 2.26. The van der Waals surface area contributed by atoms with E-state index in [4.69, 9.17) is 23.2 Å². The van der Waals surface area contributed by atoms with Crippen molar-refractivity contribution in [3.8, 4) is 0 Å². The van der Waals surface area contributed by atoms with E-state index in [1.54, 1.807) is 19.1 Å². The van der Waals surface area contributed by atoms with Gasteiger partial charge in [-0.15, -0.1) is 0 Å². The molecule has 162 valence electrons. The van der Waals surface area contributed by atoms with Crippen LogP contribution in [0.1, 0.15) is 29.7 Å².